The van der Waals surface area contributed by atoms with Gasteiger partial charge in [0.05, 0.1) is 16.6 Å². The molecule has 0 atom stereocenters. The fourth-order valence-electron chi connectivity index (χ4n) is 2.80. The SMILES string of the molecule is CN=C(NCc1ccc(OC(C)C)cc1)N1CCS(=O)(=O)C(C)(C)C1.I. The highest BCUT2D eigenvalue weighted by Gasteiger charge is 2.40. The monoisotopic (exact) mass is 495 g/mol. The Labute approximate surface area is 174 Å². The number of halogens is 1. The van der Waals surface area contributed by atoms with Crippen LogP contribution in [0.4, 0.5) is 0 Å². The third kappa shape index (κ3) is 5.73. The summed E-state index contributed by atoms with van der Waals surface area (Å²) in [5, 5.41) is 3.32. The van der Waals surface area contributed by atoms with E-state index in [1.165, 1.54) is 0 Å². The van der Waals surface area contributed by atoms with Gasteiger partial charge in [-0.1, -0.05) is 12.1 Å². The molecule has 1 fully saturated rings. The van der Waals surface area contributed by atoms with Crippen molar-refractivity contribution >= 4 is 39.8 Å². The van der Waals surface area contributed by atoms with Crippen LogP contribution in [0, 0.1) is 0 Å². The molecule has 1 heterocycles. The predicted octanol–water partition coefficient (Wildman–Crippen LogP) is 2.68. The third-order valence-corrected chi connectivity index (χ3v) is 6.83. The summed E-state index contributed by atoms with van der Waals surface area (Å²) in [6, 6.07) is 7.94. The van der Waals surface area contributed by atoms with Gasteiger partial charge in [0, 0.05) is 26.7 Å². The number of nitrogens with one attached hydrogen (secondary N) is 1. The zero-order valence-corrected chi connectivity index (χ0v) is 19.3. The molecule has 2 rings (SSSR count). The summed E-state index contributed by atoms with van der Waals surface area (Å²) in [5.41, 5.74) is 1.11. The van der Waals surface area contributed by atoms with Crippen LogP contribution in [0.3, 0.4) is 0 Å². The normalized spacial score (nSPS) is 19.0. The molecule has 1 aromatic carbocycles. The van der Waals surface area contributed by atoms with E-state index in [0.717, 1.165) is 17.3 Å². The Morgan fingerprint density at radius 1 is 1.31 bits per heavy atom. The Balaban J connectivity index is 0.00000338. The van der Waals surface area contributed by atoms with Crippen molar-refractivity contribution in [3.8, 4) is 5.75 Å². The van der Waals surface area contributed by atoms with E-state index in [0.29, 0.717) is 19.6 Å². The highest BCUT2D eigenvalue weighted by molar-refractivity contribution is 14.0. The Kier molecular flexibility index (Phi) is 8.19. The van der Waals surface area contributed by atoms with Crippen LogP contribution in [0.1, 0.15) is 33.3 Å². The van der Waals surface area contributed by atoms with Crippen molar-refractivity contribution in [1.82, 2.24) is 10.2 Å². The molecule has 0 spiro atoms. The first-order valence-electron chi connectivity index (χ1n) is 8.58. The Hall–Kier alpha value is -1.03. The van der Waals surface area contributed by atoms with E-state index in [4.69, 9.17) is 4.74 Å². The lowest BCUT2D eigenvalue weighted by Crippen LogP contribution is -2.57. The lowest BCUT2D eigenvalue weighted by Gasteiger charge is -2.39. The zero-order valence-electron chi connectivity index (χ0n) is 16.2. The van der Waals surface area contributed by atoms with E-state index in [2.05, 4.69) is 10.3 Å². The smallest absolute Gasteiger partial charge is 0.193 e. The van der Waals surface area contributed by atoms with Gasteiger partial charge in [-0.3, -0.25) is 4.99 Å². The third-order valence-electron chi connectivity index (χ3n) is 4.30. The molecule has 1 saturated heterocycles. The molecule has 26 heavy (non-hydrogen) atoms. The minimum atomic E-state index is -3.06. The molecule has 1 aliphatic rings. The van der Waals surface area contributed by atoms with E-state index in [1.54, 1.807) is 20.9 Å². The van der Waals surface area contributed by atoms with Crippen molar-refractivity contribution in [3.63, 3.8) is 0 Å². The molecule has 0 aromatic heterocycles. The molecule has 0 amide bonds. The summed E-state index contributed by atoms with van der Waals surface area (Å²) < 4.78 is 29.2. The van der Waals surface area contributed by atoms with Gasteiger partial charge in [-0.25, -0.2) is 8.42 Å². The lowest BCUT2D eigenvalue weighted by molar-refractivity contribution is 0.242. The van der Waals surface area contributed by atoms with Crippen LogP contribution in [0.25, 0.3) is 0 Å². The molecule has 0 bridgehead atoms. The summed E-state index contributed by atoms with van der Waals surface area (Å²) in [5.74, 6) is 1.73. The highest BCUT2D eigenvalue weighted by Crippen LogP contribution is 2.23. The topological polar surface area (TPSA) is 71.0 Å². The number of hydrogen-bond donors (Lipinski definition) is 1. The molecule has 8 heteroatoms. The summed E-state index contributed by atoms with van der Waals surface area (Å²) in [4.78, 5) is 6.32. The largest absolute Gasteiger partial charge is 0.491 e. The van der Waals surface area contributed by atoms with Gasteiger partial charge in [-0.05, 0) is 45.4 Å². The number of guanidine groups is 1. The van der Waals surface area contributed by atoms with E-state index in [1.807, 2.05) is 43.0 Å². The van der Waals surface area contributed by atoms with E-state index >= 15 is 0 Å². The van der Waals surface area contributed by atoms with E-state index in [-0.39, 0.29) is 35.8 Å². The summed E-state index contributed by atoms with van der Waals surface area (Å²) in [6.45, 7) is 9.07. The average Bonchev–Trinajstić information content (AvgIpc) is 2.52. The second-order valence-electron chi connectivity index (χ2n) is 7.21. The molecule has 1 N–H and O–H groups in total. The first-order chi connectivity index (χ1) is 11.6. The number of aliphatic imine (C=N–C) groups is 1. The highest BCUT2D eigenvalue weighted by atomic mass is 127. The van der Waals surface area contributed by atoms with Crippen molar-refractivity contribution in [2.75, 3.05) is 25.9 Å². The quantitative estimate of drug-likeness (QED) is 0.395. The van der Waals surface area contributed by atoms with Crippen LogP contribution in [0.5, 0.6) is 5.75 Å². The number of rotatable bonds is 4. The second kappa shape index (κ2) is 9.25. The minimum Gasteiger partial charge on any atom is -0.491 e. The van der Waals surface area contributed by atoms with Crippen molar-refractivity contribution in [2.24, 2.45) is 4.99 Å². The number of hydrogen-bond acceptors (Lipinski definition) is 4. The average molecular weight is 495 g/mol. The molecule has 1 aromatic rings. The van der Waals surface area contributed by atoms with Gasteiger partial charge in [-0.15, -0.1) is 24.0 Å². The minimum absolute atomic E-state index is 0. The van der Waals surface area contributed by atoms with Crippen LogP contribution in [0.15, 0.2) is 29.3 Å². The molecule has 0 saturated carbocycles. The first-order valence-corrected chi connectivity index (χ1v) is 10.2. The van der Waals surface area contributed by atoms with Gasteiger partial charge in [0.2, 0.25) is 0 Å². The first kappa shape index (κ1) is 23.0. The second-order valence-corrected chi connectivity index (χ2v) is 9.95. The molecule has 1 aliphatic heterocycles. The number of nitrogens with zero attached hydrogens (tertiary/aromatic N) is 2. The molecule has 0 aliphatic carbocycles. The number of ether oxygens (including phenoxy) is 1. The lowest BCUT2D eigenvalue weighted by atomic mass is 10.2. The summed E-state index contributed by atoms with van der Waals surface area (Å²) >= 11 is 0. The molecule has 148 valence electrons. The fraction of sp³-hybridized carbons (Fsp3) is 0.611. The Morgan fingerprint density at radius 3 is 2.42 bits per heavy atom. The summed E-state index contributed by atoms with van der Waals surface area (Å²) in [6.07, 6.45) is 0.154. The van der Waals surface area contributed by atoms with Gasteiger partial charge in [0.15, 0.2) is 15.8 Å². The maximum atomic E-state index is 12.1. The molecule has 6 nitrogen and oxygen atoms in total. The van der Waals surface area contributed by atoms with Gasteiger partial charge in [0.1, 0.15) is 5.75 Å². The van der Waals surface area contributed by atoms with Crippen molar-refractivity contribution in [3.05, 3.63) is 29.8 Å². The van der Waals surface area contributed by atoms with Crippen molar-refractivity contribution in [2.45, 2.75) is 45.1 Å². The van der Waals surface area contributed by atoms with Gasteiger partial charge < -0.3 is 15.0 Å². The molecular weight excluding hydrogens is 465 g/mol. The van der Waals surface area contributed by atoms with Crippen LogP contribution < -0.4 is 10.1 Å². The molecule has 0 radical (unpaired) electrons. The van der Waals surface area contributed by atoms with E-state index in [9.17, 15) is 8.42 Å². The van der Waals surface area contributed by atoms with Crippen LogP contribution >= 0.6 is 24.0 Å². The summed E-state index contributed by atoms with van der Waals surface area (Å²) in [7, 11) is -1.34. The van der Waals surface area contributed by atoms with Crippen LogP contribution in [-0.2, 0) is 16.4 Å². The van der Waals surface area contributed by atoms with Crippen LogP contribution in [-0.4, -0.2) is 56.0 Å². The van der Waals surface area contributed by atoms with Gasteiger partial charge in [0.25, 0.3) is 0 Å². The Bertz CT molecular complexity index is 716. The maximum absolute atomic E-state index is 12.1. The standard InChI is InChI=1S/C18H29N3O3S.HI/c1-14(2)24-16-8-6-15(7-9-16)12-20-17(19-5)21-10-11-25(22,23)18(3,4)13-21;/h6-9,14H,10-13H2,1-5H3,(H,19,20);1H. The van der Waals surface area contributed by atoms with Gasteiger partial charge in [-0.2, -0.15) is 0 Å². The molecular formula is C18H30IN3O3S. The van der Waals surface area contributed by atoms with Crippen molar-refractivity contribution < 1.29 is 13.2 Å². The predicted molar refractivity (Wildman–Crippen MR) is 117 cm³/mol. The number of benzene rings is 1. The van der Waals surface area contributed by atoms with Gasteiger partial charge >= 0.3 is 0 Å². The Morgan fingerprint density at radius 2 is 1.92 bits per heavy atom. The van der Waals surface area contributed by atoms with Crippen LogP contribution in [0.2, 0.25) is 0 Å². The number of sulfone groups is 1. The maximum Gasteiger partial charge on any atom is 0.193 e. The zero-order chi connectivity index (χ0) is 18.7. The molecule has 0 unspecified atom stereocenters. The van der Waals surface area contributed by atoms with Crippen molar-refractivity contribution in [1.29, 1.82) is 0 Å². The fourth-order valence-corrected chi connectivity index (χ4v) is 4.16. The van der Waals surface area contributed by atoms with E-state index < -0.39 is 14.6 Å².